The van der Waals surface area contributed by atoms with Crippen LogP contribution < -0.4 is 20.1 Å². The summed E-state index contributed by atoms with van der Waals surface area (Å²) in [6.45, 7) is 6.24. The van der Waals surface area contributed by atoms with E-state index in [1.165, 1.54) is 0 Å². The maximum Gasteiger partial charge on any atom is 0.318 e. The van der Waals surface area contributed by atoms with E-state index in [1.807, 2.05) is 69.4 Å². The van der Waals surface area contributed by atoms with Crippen molar-refractivity contribution < 1.29 is 19.1 Å². The Hall–Kier alpha value is -4.01. The Labute approximate surface area is 217 Å². The van der Waals surface area contributed by atoms with E-state index in [0.717, 1.165) is 24.1 Å². The number of hydrogen-bond acceptors (Lipinski definition) is 5. The van der Waals surface area contributed by atoms with Gasteiger partial charge in [0.05, 0.1) is 25.6 Å². The molecule has 0 atom stereocenters. The zero-order chi connectivity index (χ0) is 26.6. The Bertz CT molecular complexity index is 1250. The minimum atomic E-state index is -0.399. The minimum absolute atomic E-state index is 0.0716. The van der Waals surface area contributed by atoms with Crippen molar-refractivity contribution in [1.29, 1.82) is 0 Å². The summed E-state index contributed by atoms with van der Waals surface area (Å²) in [6, 6.07) is 15.0. The van der Waals surface area contributed by atoms with E-state index in [2.05, 4.69) is 10.6 Å². The quantitative estimate of drug-likeness (QED) is 0.439. The molecular formula is C28H35N5O4. The molecule has 1 aliphatic rings. The molecule has 9 heteroatoms. The summed E-state index contributed by atoms with van der Waals surface area (Å²) in [5, 5.41) is 5.89. The fourth-order valence-electron chi connectivity index (χ4n) is 3.96. The van der Waals surface area contributed by atoms with E-state index in [9.17, 15) is 9.59 Å². The number of amides is 3. The summed E-state index contributed by atoms with van der Waals surface area (Å²) in [7, 11) is 3.15. The molecule has 1 aromatic heterocycles. The minimum Gasteiger partial charge on any atom is -0.493 e. The van der Waals surface area contributed by atoms with Crippen LogP contribution >= 0.6 is 0 Å². The van der Waals surface area contributed by atoms with Crippen molar-refractivity contribution >= 4 is 17.9 Å². The fraction of sp³-hybridized carbons (Fsp3) is 0.393. The molecule has 2 aromatic carbocycles. The molecule has 1 heterocycles. The van der Waals surface area contributed by atoms with Gasteiger partial charge in [0.2, 0.25) is 11.9 Å². The fourth-order valence-corrected chi connectivity index (χ4v) is 3.96. The van der Waals surface area contributed by atoms with Crippen LogP contribution in [0.3, 0.4) is 0 Å². The summed E-state index contributed by atoms with van der Waals surface area (Å²) in [6.07, 6.45) is 4.01. The van der Waals surface area contributed by atoms with Gasteiger partial charge in [-0.2, -0.15) is 0 Å². The van der Waals surface area contributed by atoms with E-state index in [-0.39, 0.29) is 18.5 Å². The van der Waals surface area contributed by atoms with E-state index in [1.54, 1.807) is 29.8 Å². The molecule has 0 spiro atoms. The summed E-state index contributed by atoms with van der Waals surface area (Å²) >= 11 is 0. The molecule has 0 unspecified atom stereocenters. The van der Waals surface area contributed by atoms with Crippen LogP contribution in [0, 0.1) is 5.92 Å². The number of imidazole rings is 1. The number of carbonyl (C=O) groups excluding carboxylic acids is 2. The standard InChI is InChI=1S/C28H35N5O4/c1-28(2,3)31-27(35)32(16-19-11-12-19)18-25(34)30-26-29-22(20-9-7-6-8-10-20)17-33(26)21-13-14-23(36-4)24(15-21)37-5/h6-10,13-15,17,19H,11-12,16,18H2,1-5H3,(H,31,35)(H,29,30,34). The lowest BCUT2D eigenvalue weighted by molar-refractivity contribution is -0.116. The van der Waals surface area contributed by atoms with Crippen LogP contribution in [0.1, 0.15) is 33.6 Å². The Morgan fingerprint density at radius 2 is 1.76 bits per heavy atom. The monoisotopic (exact) mass is 505 g/mol. The van der Waals surface area contributed by atoms with Gasteiger partial charge < -0.3 is 19.7 Å². The Morgan fingerprint density at radius 1 is 1.05 bits per heavy atom. The topological polar surface area (TPSA) is 97.7 Å². The second-order valence-electron chi connectivity index (χ2n) is 10.3. The zero-order valence-corrected chi connectivity index (χ0v) is 22.1. The molecule has 0 saturated heterocycles. The van der Waals surface area contributed by atoms with E-state index < -0.39 is 5.54 Å². The highest BCUT2D eigenvalue weighted by molar-refractivity contribution is 5.93. The summed E-state index contributed by atoms with van der Waals surface area (Å²) in [5.74, 6) is 1.62. The number of hydrogen-bond donors (Lipinski definition) is 2. The van der Waals surface area contributed by atoms with Crippen LogP contribution in [-0.4, -0.2) is 59.2 Å². The summed E-state index contributed by atoms with van der Waals surface area (Å²) < 4.78 is 12.6. The van der Waals surface area contributed by atoms with E-state index in [0.29, 0.717) is 35.6 Å². The number of nitrogens with one attached hydrogen (secondary N) is 2. The first-order valence-corrected chi connectivity index (χ1v) is 12.4. The Morgan fingerprint density at radius 3 is 2.38 bits per heavy atom. The molecule has 4 rings (SSSR count). The molecular weight excluding hydrogens is 470 g/mol. The van der Waals surface area contributed by atoms with Crippen molar-refractivity contribution in [3.05, 3.63) is 54.7 Å². The van der Waals surface area contributed by atoms with E-state index in [4.69, 9.17) is 14.5 Å². The number of ether oxygens (including phenoxy) is 2. The average molecular weight is 506 g/mol. The molecule has 2 N–H and O–H groups in total. The van der Waals surface area contributed by atoms with Crippen LogP contribution in [0.4, 0.5) is 10.7 Å². The maximum absolute atomic E-state index is 13.2. The predicted molar refractivity (Wildman–Crippen MR) is 143 cm³/mol. The smallest absolute Gasteiger partial charge is 0.318 e. The number of nitrogens with zero attached hydrogens (tertiary/aromatic N) is 3. The molecule has 37 heavy (non-hydrogen) atoms. The van der Waals surface area contributed by atoms with Crippen molar-refractivity contribution in [2.45, 2.75) is 39.2 Å². The number of rotatable bonds is 9. The van der Waals surface area contributed by atoms with Crippen molar-refractivity contribution in [2.75, 3.05) is 32.6 Å². The lowest BCUT2D eigenvalue weighted by Gasteiger charge is -2.28. The Balaban J connectivity index is 1.62. The van der Waals surface area contributed by atoms with Gasteiger partial charge in [0.15, 0.2) is 11.5 Å². The van der Waals surface area contributed by atoms with Crippen molar-refractivity contribution in [3.63, 3.8) is 0 Å². The van der Waals surface area contributed by atoms with Crippen LogP contribution in [0.2, 0.25) is 0 Å². The van der Waals surface area contributed by atoms with Gasteiger partial charge in [0.25, 0.3) is 0 Å². The van der Waals surface area contributed by atoms with Gasteiger partial charge in [-0.05, 0) is 51.7 Å². The maximum atomic E-state index is 13.2. The highest BCUT2D eigenvalue weighted by Gasteiger charge is 2.30. The molecule has 1 aliphatic carbocycles. The average Bonchev–Trinajstić information content (AvgIpc) is 3.59. The number of urea groups is 1. The molecule has 1 saturated carbocycles. The zero-order valence-electron chi connectivity index (χ0n) is 22.1. The number of methoxy groups -OCH3 is 2. The highest BCUT2D eigenvalue weighted by Crippen LogP contribution is 2.32. The van der Waals surface area contributed by atoms with Gasteiger partial charge in [0.1, 0.15) is 6.54 Å². The second kappa shape index (κ2) is 10.9. The van der Waals surface area contributed by atoms with Gasteiger partial charge >= 0.3 is 6.03 Å². The first-order valence-electron chi connectivity index (χ1n) is 12.4. The van der Waals surface area contributed by atoms with Crippen LogP contribution in [-0.2, 0) is 4.79 Å². The van der Waals surface area contributed by atoms with Gasteiger partial charge in [0, 0.05) is 29.9 Å². The lowest BCUT2D eigenvalue weighted by Crippen LogP contribution is -2.51. The number of benzene rings is 2. The molecule has 0 bridgehead atoms. The SMILES string of the molecule is COc1ccc(-n2cc(-c3ccccc3)nc2NC(=O)CN(CC2CC2)C(=O)NC(C)(C)C)cc1OC. The number of anilines is 1. The van der Waals surface area contributed by atoms with Gasteiger partial charge in [-0.3, -0.25) is 14.7 Å². The lowest BCUT2D eigenvalue weighted by atomic mass is 10.1. The van der Waals surface area contributed by atoms with Crippen LogP contribution in [0.15, 0.2) is 54.7 Å². The normalized spacial score (nSPS) is 13.1. The molecule has 3 aromatic rings. The van der Waals surface area contributed by atoms with Crippen molar-refractivity contribution in [1.82, 2.24) is 19.8 Å². The summed E-state index contributed by atoms with van der Waals surface area (Å²) in [4.78, 5) is 32.4. The summed E-state index contributed by atoms with van der Waals surface area (Å²) in [5.41, 5.74) is 1.95. The molecule has 196 valence electrons. The molecule has 1 fully saturated rings. The molecule has 0 radical (unpaired) electrons. The Kier molecular flexibility index (Phi) is 7.71. The first kappa shape index (κ1) is 26.1. The molecule has 0 aliphatic heterocycles. The van der Waals surface area contributed by atoms with Gasteiger partial charge in [-0.15, -0.1) is 0 Å². The van der Waals surface area contributed by atoms with Gasteiger partial charge in [-0.25, -0.2) is 9.78 Å². The predicted octanol–water partition coefficient (Wildman–Crippen LogP) is 4.72. The third kappa shape index (κ3) is 6.81. The van der Waals surface area contributed by atoms with E-state index >= 15 is 0 Å². The van der Waals surface area contributed by atoms with Crippen LogP contribution in [0.5, 0.6) is 11.5 Å². The van der Waals surface area contributed by atoms with Crippen molar-refractivity contribution in [3.8, 4) is 28.4 Å². The van der Waals surface area contributed by atoms with Crippen LogP contribution in [0.25, 0.3) is 16.9 Å². The highest BCUT2D eigenvalue weighted by atomic mass is 16.5. The first-order chi connectivity index (χ1) is 17.7. The third-order valence-corrected chi connectivity index (χ3v) is 5.95. The molecule has 3 amide bonds. The largest absolute Gasteiger partial charge is 0.493 e. The second-order valence-corrected chi connectivity index (χ2v) is 10.3. The van der Waals surface area contributed by atoms with Crippen molar-refractivity contribution in [2.24, 2.45) is 5.92 Å². The van der Waals surface area contributed by atoms with Gasteiger partial charge in [-0.1, -0.05) is 30.3 Å². The molecule has 9 nitrogen and oxygen atoms in total. The number of carbonyl (C=O) groups is 2. The third-order valence-electron chi connectivity index (χ3n) is 5.95. The number of aromatic nitrogens is 2.